The van der Waals surface area contributed by atoms with E-state index in [0.717, 1.165) is 17.1 Å². The van der Waals surface area contributed by atoms with Crippen molar-refractivity contribution in [3.63, 3.8) is 0 Å². The first kappa shape index (κ1) is 13.9. The van der Waals surface area contributed by atoms with E-state index in [1.54, 1.807) is 6.07 Å². The van der Waals surface area contributed by atoms with Gasteiger partial charge in [0.15, 0.2) is 0 Å². The summed E-state index contributed by atoms with van der Waals surface area (Å²) in [4.78, 5) is 14.2. The molecule has 110 valence electrons. The smallest absolute Gasteiger partial charge is 0.258 e. The van der Waals surface area contributed by atoms with E-state index in [9.17, 15) is 4.79 Å². The third kappa shape index (κ3) is 2.86. The molecule has 4 heteroatoms. The van der Waals surface area contributed by atoms with E-state index in [2.05, 4.69) is 5.32 Å². The number of furan rings is 1. The molecule has 1 heterocycles. The molecule has 0 unspecified atom stereocenters. The highest BCUT2D eigenvalue weighted by molar-refractivity contribution is 6.05. The number of amides is 1. The minimum absolute atomic E-state index is 0.192. The Hall–Kier alpha value is -3.01. The molecule has 0 aliphatic carbocycles. The summed E-state index contributed by atoms with van der Waals surface area (Å²) in [6.45, 7) is 0. The van der Waals surface area contributed by atoms with Gasteiger partial charge in [0.1, 0.15) is 6.26 Å². The molecule has 4 nitrogen and oxygen atoms in total. The summed E-state index contributed by atoms with van der Waals surface area (Å²) in [5.74, 6) is -0.192. The van der Waals surface area contributed by atoms with Gasteiger partial charge in [0.05, 0.1) is 23.2 Å². The van der Waals surface area contributed by atoms with Gasteiger partial charge in [-0.15, -0.1) is 0 Å². The van der Waals surface area contributed by atoms with E-state index in [1.165, 1.54) is 12.5 Å². The van der Waals surface area contributed by atoms with E-state index >= 15 is 0 Å². The number of carbonyl (C=O) groups is 1. The van der Waals surface area contributed by atoms with Crippen LogP contribution in [0.1, 0.15) is 10.4 Å². The van der Waals surface area contributed by atoms with Crippen LogP contribution in [0.4, 0.5) is 17.1 Å². The molecule has 0 fully saturated rings. The van der Waals surface area contributed by atoms with Gasteiger partial charge in [0.2, 0.25) is 0 Å². The number of para-hydroxylation sites is 3. The van der Waals surface area contributed by atoms with Gasteiger partial charge in [-0.3, -0.25) is 4.79 Å². The number of hydrogen-bond acceptors (Lipinski definition) is 3. The molecule has 0 saturated carbocycles. The minimum atomic E-state index is -0.192. The highest BCUT2D eigenvalue weighted by Gasteiger charge is 2.13. The maximum Gasteiger partial charge on any atom is 0.258 e. The number of carbonyl (C=O) groups excluding carboxylic acids is 1. The molecule has 0 radical (unpaired) electrons. The normalized spacial score (nSPS) is 10.2. The molecule has 22 heavy (non-hydrogen) atoms. The summed E-state index contributed by atoms with van der Waals surface area (Å²) < 4.78 is 4.95. The van der Waals surface area contributed by atoms with Gasteiger partial charge in [-0.2, -0.15) is 0 Å². The van der Waals surface area contributed by atoms with Crippen molar-refractivity contribution in [1.29, 1.82) is 0 Å². The standard InChI is InChI=1S/C18H16N2O2/c1-20(15-7-3-2-4-8-15)17-10-6-5-9-16(17)19-18(21)14-11-12-22-13-14/h2-13H,1H3,(H,19,21). The van der Waals surface area contributed by atoms with Gasteiger partial charge in [0, 0.05) is 12.7 Å². The molecule has 1 aromatic heterocycles. The van der Waals surface area contributed by atoms with Crippen molar-refractivity contribution >= 4 is 23.0 Å². The van der Waals surface area contributed by atoms with Crippen molar-refractivity contribution in [2.75, 3.05) is 17.3 Å². The molecule has 0 saturated heterocycles. The summed E-state index contributed by atoms with van der Waals surface area (Å²) >= 11 is 0. The van der Waals surface area contributed by atoms with E-state index < -0.39 is 0 Å². The fraction of sp³-hybridized carbons (Fsp3) is 0.0556. The first-order chi connectivity index (χ1) is 10.8. The van der Waals surface area contributed by atoms with Crippen molar-refractivity contribution in [3.05, 3.63) is 78.8 Å². The van der Waals surface area contributed by atoms with E-state index in [4.69, 9.17) is 4.42 Å². The third-order valence-electron chi connectivity index (χ3n) is 3.44. The number of rotatable bonds is 4. The van der Waals surface area contributed by atoms with Gasteiger partial charge in [-0.1, -0.05) is 30.3 Å². The van der Waals surface area contributed by atoms with Crippen molar-refractivity contribution in [1.82, 2.24) is 0 Å². The third-order valence-corrected chi connectivity index (χ3v) is 3.44. The van der Waals surface area contributed by atoms with Gasteiger partial charge >= 0.3 is 0 Å². The molecule has 3 aromatic rings. The topological polar surface area (TPSA) is 45.5 Å². The van der Waals surface area contributed by atoms with E-state index in [-0.39, 0.29) is 5.91 Å². The minimum Gasteiger partial charge on any atom is -0.472 e. The zero-order chi connectivity index (χ0) is 15.4. The first-order valence-electron chi connectivity index (χ1n) is 6.97. The van der Waals surface area contributed by atoms with Crippen LogP contribution >= 0.6 is 0 Å². The number of nitrogens with zero attached hydrogens (tertiary/aromatic N) is 1. The lowest BCUT2D eigenvalue weighted by Crippen LogP contribution is -2.16. The Morgan fingerprint density at radius 1 is 1.00 bits per heavy atom. The predicted octanol–water partition coefficient (Wildman–Crippen LogP) is 4.30. The largest absolute Gasteiger partial charge is 0.472 e. The summed E-state index contributed by atoms with van der Waals surface area (Å²) in [6.07, 6.45) is 2.91. The van der Waals surface area contributed by atoms with Gasteiger partial charge in [0.25, 0.3) is 5.91 Å². The lowest BCUT2D eigenvalue weighted by Gasteiger charge is -2.22. The SMILES string of the molecule is CN(c1ccccc1)c1ccccc1NC(=O)c1ccoc1. The fourth-order valence-corrected chi connectivity index (χ4v) is 2.25. The lowest BCUT2D eigenvalue weighted by molar-refractivity contribution is 0.102. The van der Waals surface area contributed by atoms with E-state index in [0.29, 0.717) is 5.56 Å². The molecule has 0 atom stereocenters. The highest BCUT2D eigenvalue weighted by Crippen LogP contribution is 2.30. The van der Waals surface area contributed by atoms with Crippen LogP contribution in [-0.4, -0.2) is 13.0 Å². The van der Waals surface area contributed by atoms with Crippen LogP contribution in [0.3, 0.4) is 0 Å². The summed E-state index contributed by atoms with van der Waals surface area (Å²) in [5.41, 5.74) is 3.22. The second kappa shape index (κ2) is 6.18. The second-order valence-corrected chi connectivity index (χ2v) is 4.88. The Morgan fingerprint density at radius 2 is 1.73 bits per heavy atom. The molecular weight excluding hydrogens is 276 g/mol. The number of anilines is 3. The lowest BCUT2D eigenvalue weighted by atomic mass is 10.2. The summed E-state index contributed by atoms with van der Waals surface area (Å²) in [5, 5.41) is 2.92. The zero-order valence-electron chi connectivity index (χ0n) is 12.2. The molecule has 0 aliphatic rings. The Morgan fingerprint density at radius 3 is 2.45 bits per heavy atom. The zero-order valence-corrected chi connectivity index (χ0v) is 12.2. The van der Waals surface area contributed by atoms with E-state index in [1.807, 2.05) is 66.5 Å². The quantitative estimate of drug-likeness (QED) is 0.779. The maximum atomic E-state index is 12.2. The Kier molecular flexibility index (Phi) is 3.92. The molecule has 1 amide bonds. The Labute approximate surface area is 129 Å². The predicted molar refractivity (Wildman–Crippen MR) is 87.6 cm³/mol. The van der Waals surface area contributed by atoms with Crippen molar-refractivity contribution in [3.8, 4) is 0 Å². The maximum absolute atomic E-state index is 12.2. The first-order valence-corrected chi connectivity index (χ1v) is 6.97. The average Bonchev–Trinajstić information content (AvgIpc) is 3.10. The van der Waals surface area contributed by atoms with Crippen LogP contribution in [0.2, 0.25) is 0 Å². The monoisotopic (exact) mass is 292 g/mol. The molecule has 0 bridgehead atoms. The van der Waals surface area contributed by atoms with Crippen LogP contribution in [0.15, 0.2) is 77.6 Å². The fourth-order valence-electron chi connectivity index (χ4n) is 2.25. The van der Waals surface area contributed by atoms with Gasteiger partial charge in [-0.05, 0) is 30.3 Å². The molecule has 2 aromatic carbocycles. The van der Waals surface area contributed by atoms with Crippen molar-refractivity contribution in [2.24, 2.45) is 0 Å². The molecule has 3 rings (SSSR count). The molecular formula is C18H16N2O2. The highest BCUT2D eigenvalue weighted by atomic mass is 16.3. The second-order valence-electron chi connectivity index (χ2n) is 4.88. The molecule has 0 aliphatic heterocycles. The summed E-state index contributed by atoms with van der Waals surface area (Å²) in [7, 11) is 1.97. The number of hydrogen-bond donors (Lipinski definition) is 1. The Balaban J connectivity index is 1.88. The van der Waals surface area contributed by atoms with Crippen LogP contribution < -0.4 is 10.2 Å². The van der Waals surface area contributed by atoms with Gasteiger partial charge < -0.3 is 14.6 Å². The Bertz CT molecular complexity index is 752. The van der Waals surface area contributed by atoms with Crippen LogP contribution in [0.25, 0.3) is 0 Å². The van der Waals surface area contributed by atoms with Crippen molar-refractivity contribution < 1.29 is 9.21 Å². The molecule has 1 N–H and O–H groups in total. The number of benzene rings is 2. The average molecular weight is 292 g/mol. The summed E-state index contributed by atoms with van der Waals surface area (Å²) in [6, 6.07) is 19.3. The van der Waals surface area contributed by atoms with Crippen LogP contribution in [0.5, 0.6) is 0 Å². The number of nitrogens with one attached hydrogen (secondary N) is 1. The van der Waals surface area contributed by atoms with Gasteiger partial charge in [-0.25, -0.2) is 0 Å². The van der Waals surface area contributed by atoms with Crippen LogP contribution in [-0.2, 0) is 0 Å². The van der Waals surface area contributed by atoms with Crippen molar-refractivity contribution in [2.45, 2.75) is 0 Å². The molecule has 0 spiro atoms. The van der Waals surface area contributed by atoms with Crippen LogP contribution in [0, 0.1) is 0 Å².